The van der Waals surface area contributed by atoms with E-state index in [1.54, 1.807) is 6.07 Å². The van der Waals surface area contributed by atoms with Gasteiger partial charge in [0.1, 0.15) is 12.1 Å². The highest BCUT2D eigenvalue weighted by Crippen LogP contribution is 2.31. The van der Waals surface area contributed by atoms with Crippen LogP contribution < -0.4 is 5.73 Å². The van der Waals surface area contributed by atoms with E-state index in [1.807, 2.05) is 6.07 Å². The number of nitriles is 2. The van der Waals surface area contributed by atoms with Gasteiger partial charge in [0.15, 0.2) is 0 Å². The van der Waals surface area contributed by atoms with Crippen LogP contribution in [0.2, 0.25) is 10.0 Å². The van der Waals surface area contributed by atoms with E-state index in [4.69, 9.17) is 39.5 Å². The van der Waals surface area contributed by atoms with Crippen molar-refractivity contribution in [1.29, 1.82) is 10.5 Å². The van der Waals surface area contributed by atoms with Gasteiger partial charge in [0.05, 0.1) is 26.9 Å². The van der Waals surface area contributed by atoms with Crippen molar-refractivity contribution in [2.75, 3.05) is 5.73 Å². The van der Waals surface area contributed by atoms with Crippen LogP contribution in [0.25, 0.3) is 0 Å². The molecule has 64 valence electrons. The van der Waals surface area contributed by atoms with Crippen molar-refractivity contribution < 1.29 is 0 Å². The highest BCUT2D eigenvalue weighted by atomic mass is 35.5. The summed E-state index contributed by atoms with van der Waals surface area (Å²) in [6.45, 7) is 0. The lowest BCUT2D eigenvalue weighted by molar-refractivity contribution is 1.45. The van der Waals surface area contributed by atoms with Crippen molar-refractivity contribution in [1.82, 2.24) is 0 Å². The zero-order valence-corrected chi connectivity index (χ0v) is 7.82. The molecule has 5 heteroatoms. The maximum absolute atomic E-state index is 8.66. The molecule has 1 rings (SSSR count). The molecule has 0 amide bonds. The second-order valence-electron chi connectivity index (χ2n) is 2.23. The molecule has 0 aliphatic heterocycles. The predicted molar refractivity (Wildman–Crippen MR) is 50.3 cm³/mol. The summed E-state index contributed by atoms with van der Waals surface area (Å²) >= 11 is 11.4. The molecule has 0 bridgehead atoms. The summed E-state index contributed by atoms with van der Waals surface area (Å²) in [5.41, 5.74) is 5.77. The first kappa shape index (κ1) is 9.67. The molecule has 0 saturated heterocycles. The molecular formula is C8H3Cl2N3. The van der Waals surface area contributed by atoms with Gasteiger partial charge in [0, 0.05) is 0 Å². The molecule has 1 aromatic carbocycles. The van der Waals surface area contributed by atoms with Gasteiger partial charge in [-0.15, -0.1) is 0 Å². The van der Waals surface area contributed by atoms with Crippen molar-refractivity contribution in [2.24, 2.45) is 0 Å². The summed E-state index contributed by atoms with van der Waals surface area (Å²) in [7, 11) is 0. The molecule has 0 fully saturated rings. The van der Waals surface area contributed by atoms with E-state index in [-0.39, 0.29) is 26.9 Å². The van der Waals surface area contributed by atoms with Gasteiger partial charge < -0.3 is 5.73 Å². The lowest BCUT2D eigenvalue weighted by Gasteiger charge is -2.03. The van der Waals surface area contributed by atoms with Crippen molar-refractivity contribution >= 4 is 28.9 Å². The standard InChI is InChI=1S/C8H3Cl2N3/c9-6-1-4(2-11)7(10)5(3-12)8(6)13/h1H,13H2. The summed E-state index contributed by atoms with van der Waals surface area (Å²) < 4.78 is 0. The van der Waals surface area contributed by atoms with Crippen LogP contribution in [-0.2, 0) is 0 Å². The Morgan fingerprint density at radius 3 is 2.31 bits per heavy atom. The molecule has 13 heavy (non-hydrogen) atoms. The van der Waals surface area contributed by atoms with E-state index < -0.39 is 0 Å². The number of hydrogen-bond acceptors (Lipinski definition) is 3. The van der Waals surface area contributed by atoms with Gasteiger partial charge in [-0.25, -0.2) is 0 Å². The lowest BCUT2D eigenvalue weighted by Crippen LogP contribution is -1.94. The van der Waals surface area contributed by atoms with Gasteiger partial charge in [-0.3, -0.25) is 0 Å². The number of hydrogen-bond donors (Lipinski definition) is 1. The average molecular weight is 212 g/mol. The van der Waals surface area contributed by atoms with Crippen LogP contribution in [0.3, 0.4) is 0 Å². The minimum Gasteiger partial charge on any atom is -0.396 e. The van der Waals surface area contributed by atoms with Gasteiger partial charge in [-0.1, -0.05) is 23.2 Å². The molecule has 0 spiro atoms. The molecule has 0 aliphatic carbocycles. The first-order valence-corrected chi connectivity index (χ1v) is 3.95. The summed E-state index contributed by atoms with van der Waals surface area (Å²) in [5.74, 6) is 0. The number of nitrogens with two attached hydrogens (primary N) is 1. The second-order valence-corrected chi connectivity index (χ2v) is 3.02. The minimum absolute atomic E-state index is 0.0470. The van der Waals surface area contributed by atoms with Gasteiger partial charge in [-0.05, 0) is 6.07 Å². The highest BCUT2D eigenvalue weighted by molar-refractivity contribution is 6.37. The van der Waals surface area contributed by atoms with Crippen molar-refractivity contribution in [3.05, 3.63) is 27.2 Å². The Hall–Kier alpha value is -1.42. The fourth-order valence-corrected chi connectivity index (χ4v) is 1.28. The van der Waals surface area contributed by atoms with Crippen LogP contribution in [0, 0.1) is 22.7 Å². The molecular weight excluding hydrogens is 209 g/mol. The van der Waals surface area contributed by atoms with Crippen molar-refractivity contribution in [3.8, 4) is 12.1 Å². The maximum Gasteiger partial charge on any atom is 0.103 e. The number of anilines is 1. The zero-order chi connectivity index (χ0) is 10.0. The summed E-state index contributed by atoms with van der Waals surface area (Å²) in [6, 6.07) is 4.93. The van der Waals surface area contributed by atoms with Crippen LogP contribution in [-0.4, -0.2) is 0 Å². The van der Waals surface area contributed by atoms with E-state index in [2.05, 4.69) is 0 Å². The molecule has 0 unspecified atom stereocenters. The number of benzene rings is 1. The minimum atomic E-state index is 0.0470. The monoisotopic (exact) mass is 211 g/mol. The Morgan fingerprint density at radius 2 is 1.85 bits per heavy atom. The number of rotatable bonds is 0. The first-order valence-electron chi connectivity index (χ1n) is 3.19. The van der Waals surface area contributed by atoms with Gasteiger partial charge in [0.2, 0.25) is 0 Å². The number of nitrogens with zero attached hydrogens (tertiary/aromatic N) is 2. The molecule has 2 N–H and O–H groups in total. The Labute approximate surface area is 84.9 Å². The van der Waals surface area contributed by atoms with Crippen LogP contribution in [0.15, 0.2) is 6.07 Å². The Kier molecular flexibility index (Phi) is 2.63. The van der Waals surface area contributed by atoms with Crippen molar-refractivity contribution in [2.45, 2.75) is 0 Å². The topological polar surface area (TPSA) is 73.6 Å². The Morgan fingerprint density at radius 1 is 1.23 bits per heavy atom. The van der Waals surface area contributed by atoms with E-state index in [0.29, 0.717) is 0 Å². The second kappa shape index (κ2) is 3.53. The SMILES string of the molecule is N#Cc1cc(Cl)c(N)c(C#N)c1Cl. The van der Waals surface area contributed by atoms with E-state index in [0.717, 1.165) is 0 Å². The number of nitrogen functional groups attached to an aromatic ring is 1. The van der Waals surface area contributed by atoms with Crippen LogP contribution in [0.5, 0.6) is 0 Å². The van der Waals surface area contributed by atoms with E-state index in [1.165, 1.54) is 6.07 Å². The van der Waals surface area contributed by atoms with Crippen LogP contribution in [0.1, 0.15) is 11.1 Å². The highest BCUT2D eigenvalue weighted by Gasteiger charge is 2.12. The average Bonchev–Trinajstić information content (AvgIpc) is 2.12. The van der Waals surface area contributed by atoms with Crippen molar-refractivity contribution in [3.63, 3.8) is 0 Å². The lowest BCUT2D eigenvalue weighted by atomic mass is 10.1. The van der Waals surface area contributed by atoms with Gasteiger partial charge in [0.25, 0.3) is 0 Å². The first-order chi connectivity index (χ1) is 6.11. The summed E-state index contributed by atoms with van der Waals surface area (Å²) in [4.78, 5) is 0. The van der Waals surface area contributed by atoms with E-state index in [9.17, 15) is 0 Å². The summed E-state index contributed by atoms with van der Waals surface area (Å²) in [6.07, 6.45) is 0. The van der Waals surface area contributed by atoms with E-state index >= 15 is 0 Å². The maximum atomic E-state index is 8.66. The third-order valence-corrected chi connectivity index (χ3v) is 2.19. The molecule has 0 saturated carbocycles. The molecule has 0 atom stereocenters. The van der Waals surface area contributed by atoms with Crippen LogP contribution >= 0.6 is 23.2 Å². The zero-order valence-electron chi connectivity index (χ0n) is 6.31. The normalized spacial score (nSPS) is 8.92. The Bertz CT molecular complexity index is 440. The number of halogens is 2. The smallest absolute Gasteiger partial charge is 0.103 e. The fourth-order valence-electron chi connectivity index (χ4n) is 0.831. The third kappa shape index (κ3) is 1.53. The van der Waals surface area contributed by atoms with Gasteiger partial charge in [-0.2, -0.15) is 10.5 Å². The largest absolute Gasteiger partial charge is 0.396 e. The molecule has 0 heterocycles. The quantitative estimate of drug-likeness (QED) is 0.670. The molecule has 0 aliphatic rings. The molecule has 0 radical (unpaired) electrons. The molecule has 0 aromatic heterocycles. The summed E-state index contributed by atoms with van der Waals surface area (Å²) in [5, 5.41) is 17.5. The molecule has 3 nitrogen and oxygen atoms in total. The third-order valence-electron chi connectivity index (χ3n) is 1.49. The Balaban J connectivity index is 3.63. The van der Waals surface area contributed by atoms with Crippen LogP contribution in [0.4, 0.5) is 5.69 Å². The fraction of sp³-hybridized carbons (Fsp3) is 0. The molecule has 1 aromatic rings. The van der Waals surface area contributed by atoms with Gasteiger partial charge >= 0.3 is 0 Å². The predicted octanol–water partition coefficient (Wildman–Crippen LogP) is 2.32.